The molecule has 0 aliphatic carbocycles. The molecule has 0 radical (unpaired) electrons. The van der Waals surface area contributed by atoms with Gasteiger partial charge in [-0.1, -0.05) is 0 Å². The zero-order chi connectivity index (χ0) is 28.0. The van der Waals surface area contributed by atoms with Gasteiger partial charge in [-0.25, -0.2) is 9.59 Å². The molecule has 0 aromatic heterocycles. The van der Waals surface area contributed by atoms with Crippen LogP contribution in [0.15, 0.2) is 30.3 Å². The highest BCUT2D eigenvalue weighted by molar-refractivity contribution is 5.88. The highest BCUT2D eigenvalue weighted by Gasteiger charge is 2.42. The van der Waals surface area contributed by atoms with Gasteiger partial charge >= 0.3 is 23.9 Å². The largest absolute Gasteiger partial charge is 0.496 e. The van der Waals surface area contributed by atoms with Crippen molar-refractivity contribution in [1.29, 1.82) is 0 Å². The Morgan fingerprint density at radius 1 is 0.737 bits per heavy atom. The molecule has 0 saturated carbocycles. The van der Waals surface area contributed by atoms with Crippen molar-refractivity contribution >= 4 is 30.0 Å². The molecule has 0 amide bonds. The number of methoxy groups -OCH3 is 4. The van der Waals surface area contributed by atoms with Gasteiger partial charge in [0.15, 0.2) is 29.1 Å². The molecule has 2 unspecified atom stereocenters. The van der Waals surface area contributed by atoms with E-state index in [1.54, 1.807) is 0 Å². The van der Waals surface area contributed by atoms with E-state index in [0.29, 0.717) is 11.3 Å². The summed E-state index contributed by atoms with van der Waals surface area (Å²) >= 11 is 0. The fourth-order valence-electron chi connectivity index (χ4n) is 3.61. The Hall–Kier alpha value is -4.74. The van der Waals surface area contributed by atoms with Gasteiger partial charge in [0, 0.05) is 43.2 Å². The minimum Gasteiger partial charge on any atom is -0.496 e. The second kappa shape index (κ2) is 12.0. The van der Waals surface area contributed by atoms with E-state index in [4.69, 9.17) is 33.2 Å². The number of hydrogen-bond donors (Lipinski definition) is 0. The zero-order valence-corrected chi connectivity index (χ0v) is 21.5. The molecule has 3 rings (SSSR count). The van der Waals surface area contributed by atoms with Crippen LogP contribution < -0.4 is 28.4 Å². The number of esters is 4. The summed E-state index contributed by atoms with van der Waals surface area (Å²) in [4.78, 5) is 47.6. The summed E-state index contributed by atoms with van der Waals surface area (Å²) < 4.78 is 43.0. The van der Waals surface area contributed by atoms with Crippen LogP contribution in [-0.4, -0.2) is 58.4 Å². The third-order valence-electron chi connectivity index (χ3n) is 5.22. The fourth-order valence-corrected chi connectivity index (χ4v) is 3.61. The van der Waals surface area contributed by atoms with E-state index in [1.165, 1.54) is 78.7 Å². The average Bonchev–Trinajstić information content (AvgIpc) is 2.89. The van der Waals surface area contributed by atoms with Crippen LogP contribution in [-0.2, 0) is 28.7 Å². The lowest BCUT2D eigenvalue weighted by atomic mass is 10.00. The molecule has 2 aromatic rings. The Bertz CT molecular complexity index is 1280. The van der Waals surface area contributed by atoms with E-state index in [9.17, 15) is 19.2 Å². The second-order valence-electron chi connectivity index (χ2n) is 7.73. The Morgan fingerprint density at radius 2 is 1.34 bits per heavy atom. The number of ether oxygens (including phenoxy) is 8. The molecule has 2 atom stereocenters. The average molecular weight is 530 g/mol. The van der Waals surface area contributed by atoms with Crippen LogP contribution in [0, 0.1) is 0 Å². The topological polar surface area (TPSA) is 142 Å². The zero-order valence-electron chi connectivity index (χ0n) is 21.5. The molecule has 0 spiro atoms. The van der Waals surface area contributed by atoms with Gasteiger partial charge in [-0.2, -0.15) is 0 Å². The molecule has 1 heterocycles. The van der Waals surface area contributed by atoms with Crippen molar-refractivity contribution in [3.63, 3.8) is 0 Å². The minimum absolute atomic E-state index is 0.0799. The number of fused-ring (bicyclic) bond motifs is 1. The van der Waals surface area contributed by atoms with Crippen LogP contribution in [0.1, 0.15) is 31.1 Å². The number of carbonyl (C=O) groups excluding carboxylic acids is 4. The molecule has 38 heavy (non-hydrogen) atoms. The maximum Gasteiger partial charge on any atom is 0.351 e. The standard InChI is InChI=1S/C26H26O12/c1-13(27)35-20-10-16(18(32-4)12-21(20)36-14(2)28)24-25(26(30)34-6)38-19-9-15(7-8-23(29)33-5)17(31-3)11-22(19)37-24/h7-12,24-25H,1-6H3/b8-7+. The fraction of sp³-hybridized carbons (Fsp3) is 0.308. The lowest BCUT2D eigenvalue weighted by molar-refractivity contribution is -0.155. The first-order valence-corrected chi connectivity index (χ1v) is 11.1. The van der Waals surface area contributed by atoms with E-state index in [1.807, 2.05) is 0 Å². The normalized spacial score (nSPS) is 15.8. The van der Waals surface area contributed by atoms with Crippen molar-refractivity contribution in [1.82, 2.24) is 0 Å². The summed E-state index contributed by atoms with van der Waals surface area (Å²) in [7, 11) is 5.21. The molecule has 0 fully saturated rings. The van der Waals surface area contributed by atoms with Crippen molar-refractivity contribution in [2.75, 3.05) is 28.4 Å². The van der Waals surface area contributed by atoms with E-state index in [2.05, 4.69) is 4.74 Å². The molecule has 0 bridgehead atoms. The summed E-state index contributed by atoms with van der Waals surface area (Å²) in [6.45, 7) is 2.36. The van der Waals surface area contributed by atoms with Gasteiger partial charge in [0.1, 0.15) is 11.5 Å². The third-order valence-corrected chi connectivity index (χ3v) is 5.22. The Labute approximate surface area is 217 Å². The van der Waals surface area contributed by atoms with Crippen LogP contribution in [0.2, 0.25) is 0 Å². The Morgan fingerprint density at radius 3 is 1.89 bits per heavy atom. The number of hydrogen-bond acceptors (Lipinski definition) is 12. The summed E-state index contributed by atoms with van der Waals surface area (Å²) in [5.41, 5.74) is 0.678. The smallest absolute Gasteiger partial charge is 0.351 e. The lowest BCUT2D eigenvalue weighted by Crippen LogP contribution is -2.40. The monoisotopic (exact) mass is 530 g/mol. The number of benzene rings is 2. The molecule has 0 saturated heterocycles. The van der Waals surface area contributed by atoms with Gasteiger partial charge in [-0.15, -0.1) is 0 Å². The van der Waals surface area contributed by atoms with Crippen LogP contribution in [0.3, 0.4) is 0 Å². The lowest BCUT2D eigenvalue weighted by Gasteiger charge is -2.33. The van der Waals surface area contributed by atoms with Gasteiger partial charge < -0.3 is 37.9 Å². The number of carbonyl (C=O) groups is 4. The van der Waals surface area contributed by atoms with Crippen LogP contribution >= 0.6 is 0 Å². The van der Waals surface area contributed by atoms with Crippen LogP contribution in [0.25, 0.3) is 6.08 Å². The van der Waals surface area contributed by atoms with Gasteiger partial charge in [-0.05, 0) is 18.2 Å². The second-order valence-corrected chi connectivity index (χ2v) is 7.73. The first kappa shape index (κ1) is 27.8. The van der Waals surface area contributed by atoms with Gasteiger partial charge in [0.25, 0.3) is 0 Å². The molecule has 2 aromatic carbocycles. The predicted octanol–water partition coefficient (Wildman–Crippen LogP) is 2.79. The van der Waals surface area contributed by atoms with Crippen molar-refractivity contribution in [2.45, 2.75) is 26.1 Å². The number of rotatable bonds is 8. The first-order valence-electron chi connectivity index (χ1n) is 11.1. The van der Waals surface area contributed by atoms with E-state index < -0.39 is 36.1 Å². The maximum atomic E-state index is 12.8. The van der Waals surface area contributed by atoms with Crippen LogP contribution in [0.5, 0.6) is 34.5 Å². The highest BCUT2D eigenvalue weighted by Crippen LogP contribution is 2.47. The van der Waals surface area contributed by atoms with Gasteiger partial charge in [0.05, 0.1) is 28.4 Å². The Kier molecular flexibility index (Phi) is 8.79. The SMILES string of the molecule is COC(=O)/C=C/c1cc2c(cc1OC)OC(c1cc(OC(C)=O)c(OC(C)=O)cc1OC)C(C(=O)OC)O2. The summed E-state index contributed by atoms with van der Waals surface area (Å²) in [5, 5.41) is 0. The molecule has 202 valence electrons. The van der Waals surface area contributed by atoms with E-state index in [0.717, 1.165) is 0 Å². The molecular formula is C26H26O12. The first-order chi connectivity index (χ1) is 18.1. The van der Waals surface area contributed by atoms with Crippen molar-refractivity contribution in [3.8, 4) is 34.5 Å². The van der Waals surface area contributed by atoms with Crippen molar-refractivity contribution in [3.05, 3.63) is 41.5 Å². The summed E-state index contributed by atoms with van der Waals surface area (Å²) in [5.74, 6) is -2.04. The highest BCUT2D eigenvalue weighted by atomic mass is 16.6. The minimum atomic E-state index is -1.34. The molecule has 12 heteroatoms. The molecule has 1 aliphatic heterocycles. The van der Waals surface area contributed by atoms with Crippen molar-refractivity contribution < 1.29 is 57.1 Å². The Balaban J connectivity index is 2.15. The molecule has 12 nitrogen and oxygen atoms in total. The molecule has 0 N–H and O–H groups in total. The van der Waals surface area contributed by atoms with E-state index in [-0.39, 0.29) is 34.3 Å². The summed E-state index contributed by atoms with van der Waals surface area (Å²) in [6, 6.07) is 5.70. The summed E-state index contributed by atoms with van der Waals surface area (Å²) in [6.07, 6.45) is 0.153. The molecule has 1 aliphatic rings. The quantitative estimate of drug-likeness (QED) is 0.281. The van der Waals surface area contributed by atoms with E-state index >= 15 is 0 Å². The van der Waals surface area contributed by atoms with Gasteiger partial charge in [0.2, 0.25) is 6.10 Å². The maximum absolute atomic E-state index is 12.8. The third kappa shape index (κ3) is 6.14. The van der Waals surface area contributed by atoms with Crippen molar-refractivity contribution in [2.24, 2.45) is 0 Å². The van der Waals surface area contributed by atoms with Crippen LogP contribution in [0.4, 0.5) is 0 Å². The predicted molar refractivity (Wildman–Crippen MR) is 129 cm³/mol. The van der Waals surface area contributed by atoms with Gasteiger partial charge in [-0.3, -0.25) is 9.59 Å². The molecular weight excluding hydrogens is 504 g/mol.